The summed E-state index contributed by atoms with van der Waals surface area (Å²) in [5.41, 5.74) is 2.59. The summed E-state index contributed by atoms with van der Waals surface area (Å²) in [6, 6.07) is 14.5. The number of likely N-dealkylation sites (tertiary alicyclic amines) is 1. The summed E-state index contributed by atoms with van der Waals surface area (Å²) < 4.78 is 0.622. The first-order chi connectivity index (χ1) is 13.3. The standard InChI is InChI=1S/C22H27N3O3/c1-24-12-11-22(23-18(20(27)28)13-15-7-5-4-6-8-15)17-14-16(26)9-10-19(17)25(2,3)21(22)24/h4-10,14,18,21,23H,11-13H2,1-3H3,(H-,26,27,28)/p+1/t18-,21+,22-/m0/s1. The molecule has 0 amide bonds. The van der Waals surface area contributed by atoms with Crippen molar-refractivity contribution in [2.75, 3.05) is 27.7 Å². The van der Waals surface area contributed by atoms with Gasteiger partial charge in [-0.05, 0) is 37.6 Å². The lowest BCUT2D eigenvalue weighted by Gasteiger charge is -2.40. The monoisotopic (exact) mass is 382 g/mol. The average Bonchev–Trinajstić information content (AvgIpc) is 3.08. The Hall–Kier alpha value is -2.41. The molecule has 6 heteroatoms. The van der Waals surface area contributed by atoms with Crippen LogP contribution in [-0.2, 0) is 16.8 Å². The van der Waals surface area contributed by atoms with Gasteiger partial charge in [0.15, 0.2) is 6.17 Å². The highest BCUT2D eigenvalue weighted by Crippen LogP contribution is 2.53. The van der Waals surface area contributed by atoms with Gasteiger partial charge in [-0.3, -0.25) is 19.5 Å². The number of carboxylic acid groups (broad SMARTS) is 1. The third-order valence-corrected chi connectivity index (χ3v) is 6.42. The molecule has 148 valence electrons. The number of benzene rings is 2. The fraction of sp³-hybridized carbons (Fsp3) is 0.409. The Kier molecular flexibility index (Phi) is 4.45. The first-order valence-corrected chi connectivity index (χ1v) is 9.68. The van der Waals surface area contributed by atoms with Crippen molar-refractivity contribution in [2.45, 2.75) is 30.6 Å². The van der Waals surface area contributed by atoms with E-state index in [4.69, 9.17) is 0 Å². The molecule has 4 rings (SSSR count). The van der Waals surface area contributed by atoms with Crippen LogP contribution in [0.1, 0.15) is 17.5 Å². The van der Waals surface area contributed by atoms with Crippen LogP contribution in [0.2, 0.25) is 0 Å². The van der Waals surface area contributed by atoms with Gasteiger partial charge in [-0.2, -0.15) is 0 Å². The Morgan fingerprint density at radius 3 is 2.68 bits per heavy atom. The summed E-state index contributed by atoms with van der Waals surface area (Å²) in [6.07, 6.45) is 1.27. The number of quaternary nitrogens is 1. The quantitative estimate of drug-likeness (QED) is 0.691. The topological polar surface area (TPSA) is 72.8 Å². The third kappa shape index (κ3) is 2.80. The molecule has 0 radical (unpaired) electrons. The number of carboxylic acids is 1. The molecule has 2 aliphatic heterocycles. The second kappa shape index (κ2) is 6.58. The molecule has 0 unspecified atom stereocenters. The first-order valence-electron chi connectivity index (χ1n) is 9.68. The van der Waals surface area contributed by atoms with Gasteiger partial charge in [-0.25, -0.2) is 0 Å². The zero-order valence-corrected chi connectivity index (χ0v) is 16.6. The van der Waals surface area contributed by atoms with Crippen molar-refractivity contribution in [3.8, 4) is 5.75 Å². The van der Waals surface area contributed by atoms with E-state index in [1.165, 1.54) is 0 Å². The number of hydrogen-bond donors (Lipinski definition) is 3. The number of nitrogens with zero attached hydrogens (tertiary/aromatic N) is 2. The van der Waals surface area contributed by atoms with Crippen LogP contribution in [0.3, 0.4) is 0 Å². The summed E-state index contributed by atoms with van der Waals surface area (Å²) in [5, 5.41) is 23.7. The Balaban J connectivity index is 1.77. The molecule has 2 heterocycles. The molecular weight excluding hydrogens is 354 g/mol. The number of aliphatic carboxylic acids is 1. The molecule has 0 aliphatic carbocycles. The molecule has 1 saturated heterocycles. The average molecular weight is 382 g/mol. The Morgan fingerprint density at radius 1 is 1.29 bits per heavy atom. The molecule has 28 heavy (non-hydrogen) atoms. The smallest absolute Gasteiger partial charge is 0.321 e. The lowest BCUT2D eigenvalue weighted by molar-refractivity contribution is -0.140. The van der Waals surface area contributed by atoms with E-state index in [0.29, 0.717) is 10.9 Å². The summed E-state index contributed by atoms with van der Waals surface area (Å²) in [6.45, 7) is 0.867. The van der Waals surface area contributed by atoms with E-state index in [9.17, 15) is 15.0 Å². The fourth-order valence-corrected chi connectivity index (χ4v) is 5.40. The van der Waals surface area contributed by atoms with Crippen molar-refractivity contribution in [1.82, 2.24) is 14.7 Å². The molecular formula is C22H28N3O3+. The molecule has 6 nitrogen and oxygen atoms in total. The maximum absolute atomic E-state index is 12.2. The number of phenols is 1. The van der Waals surface area contributed by atoms with Crippen LogP contribution in [-0.4, -0.2) is 61.0 Å². The van der Waals surface area contributed by atoms with E-state index in [-0.39, 0.29) is 11.9 Å². The Bertz CT molecular complexity index is 899. The van der Waals surface area contributed by atoms with Crippen LogP contribution in [0, 0.1) is 0 Å². The van der Waals surface area contributed by atoms with Gasteiger partial charge in [0, 0.05) is 18.2 Å². The highest BCUT2D eigenvalue weighted by Gasteiger charge is 2.64. The van der Waals surface area contributed by atoms with Gasteiger partial charge < -0.3 is 10.2 Å². The summed E-state index contributed by atoms with van der Waals surface area (Å²) in [5.74, 6) is -0.643. The SMILES string of the molecule is CN1CC[C@]2(N[C@@H](Cc3ccccc3)C(=O)O)c3cc(O)ccc3[N+](C)(C)[C@@H]12. The fourth-order valence-electron chi connectivity index (χ4n) is 5.40. The molecule has 1 fully saturated rings. The van der Waals surface area contributed by atoms with E-state index >= 15 is 0 Å². The highest BCUT2D eigenvalue weighted by molar-refractivity contribution is 5.75. The summed E-state index contributed by atoms with van der Waals surface area (Å²) in [7, 11) is 6.39. The van der Waals surface area contributed by atoms with Gasteiger partial charge in [0.1, 0.15) is 23.0 Å². The van der Waals surface area contributed by atoms with Crippen LogP contribution in [0.15, 0.2) is 48.5 Å². The van der Waals surface area contributed by atoms with E-state index in [1.54, 1.807) is 6.07 Å². The molecule has 2 aliphatic rings. The number of nitrogens with one attached hydrogen (secondary N) is 1. The Morgan fingerprint density at radius 2 is 2.00 bits per heavy atom. The van der Waals surface area contributed by atoms with Gasteiger partial charge in [-0.15, -0.1) is 0 Å². The van der Waals surface area contributed by atoms with Gasteiger partial charge >= 0.3 is 5.97 Å². The molecule has 2 aromatic rings. The largest absolute Gasteiger partial charge is 0.508 e. The predicted octanol–water partition coefficient (Wildman–Crippen LogP) is 2.12. The van der Waals surface area contributed by atoms with Crippen LogP contribution in [0.4, 0.5) is 5.69 Å². The number of hydrogen-bond acceptors (Lipinski definition) is 4. The van der Waals surface area contributed by atoms with Gasteiger partial charge in [-0.1, -0.05) is 30.3 Å². The van der Waals surface area contributed by atoms with Crippen molar-refractivity contribution in [1.29, 1.82) is 0 Å². The number of rotatable bonds is 5. The maximum atomic E-state index is 12.2. The van der Waals surface area contributed by atoms with E-state index in [1.807, 2.05) is 42.5 Å². The van der Waals surface area contributed by atoms with Crippen LogP contribution in [0.5, 0.6) is 5.75 Å². The second-order valence-corrected chi connectivity index (χ2v) is 8.54. The first kappa shape index (κ1) is 18.9. The van der Waals surface area contributed by atoms with Crippen LogP contribution in [0.25, 0.3) is 0 Å². The van der Waals surface area contributed by atoms with Crippen molar-refractivity contribution in [3.63, 3.8) is 0 Å². The van der Waals surface area contributed by atoms with Crippen molar-refractivity contribution >= 4 is 11.7 Å². The molecule has 3 atom stereocenters. The second-order valence-electron chi connectivity index (χ2n) is 8.54. The lowest BCUT2D eigenvalue weighted by Crippen LogP contribution is -2.64. The highest BCUT2D eigenvalue weighted by atomic mass is 16.4. The van der Waals surface area contributed by atoms with Gasteiger partial charge in [0.25, 0.3) is 0 Å². The maximum Gasteiger partial charge on any atom is 0.321 e. The summed E-state index contributed by atoms with van der Waals surface area (Å²) >= 11 is 0. The van der Waals surface area contributed by atoms with Crippen molar-refractivity contribution < 1.29 is 15.0 Å². The predicted molar refractivity (Wildman–Crippen MR) is 109 cm³/mol. The lowest BCUT2D eigenvalue weighted by atomic mass is 9.86. The number of phenolic OH excluding ortho intramolecular Hbond substituents is 1. The third-order valence-electron chi connectivity index (χ3n) is 6.42. The van der Waals surface area contributed by atoms with Gasteiger partial charge in [0.2, 0.25) is 0 Å². The van der Waals surface area contributed by atoms with E-state index in [2.05, 4.69) is 31.4 Å². The minimum Gasteiger partial charge on any atom is -0.508 e. The minimum atomic E-state index is -0.856. The number of likely N-dealkylation sites (N-methyl/N-ethyl adjacent to an activating group) is 2. The number of aromatic hydroxyl groups is 1. The zero-order valence-electron chi connectivity index (χ0n) is 16.6. The van der Waals surface area contributed by atoms with Crippen molar-refractivity contribution in [2.24, 2.45) is 0 Å². The van der Waals surface area contributed by atoms with E-state index < -0.39 is 17.6 Å². The molecule has 0 spiro atoms. The summed E-state index contributed by atoms with van der Waals surface area (Å²) in [4.78, 5) is 14.5. The number of fused-ring (bicyclic) bond motifs is 3. The number of carbonyl (C=O) groups is 1. The molecule has 3 N–H and O–H groups in total. The Labute approximate surface area is 165 Å². The zero-order chi connectivity index (χ0) is 20.1. The molecule has 0 saturated carbocycles. The van der Waals surface area contributed by atoms with Crippen molar-refractivity contribution in [3.05, 3.63) is 59.7 Å². The van der Waals surface area contributed by atoms with Gasteiger partial charge in [0.05, 0.1) is 14.1 Å². The molecule has 2 aromatic carbocycles. The van der Waals surface area contributed by atoms with Crippen LogP contribution < -0.4 is 9.80 Å². The molecule has 0 bridgehead atoms. The normalized spacial score (nSPS) is 26.6. The van der Waals surface area contributed by atoms with E-state index in [0.717, 1.165) is 29.8 Å². The van der Waals surface area contributed by atoms with Crippen LogP contribution >= 0.6 is 0 Å². The minimum absolute atomic E-state index is 0.0573. The molecule has 0 aromatic heterocycles.